The van der Waals surface area contributed by atoms with Gasteiger partial charge in [0.2, 0.25) is 0 Å². The minimum atomic E-state index is -0.107. The Balaban J connectivity index is 1.94. The highest BCUT2D eigenvalue weighted by atomic mass is 16.5. The normalized spacial score (nSPS) is 16.9. The summed E-state index contributed by atoms with van der Waals surface area (Å²) in [4.78, 5) is 16.3. The summed E-state index contributed by atoms with van der Waals surface area (Å²) in [6.07, 6.45) is 7.21. The van der Waals surface area contributed by atoms with Crippen molar-refractivity contribution in [2.75, 3.05) is 13.7 Å². The summed E-state index contributed by atoms with van der Waals surface area (Å²) in [7, 11) is 1.63. The van der Waals surface area contributed by atoms with Crippen molar-refractivity contribution in [1.82, 2.24) is 14.6 Å². The number of aryl methyl sites for hydroxylation is 1. The molecule has 2 aromatic rings. The number of methoxy groups -OCH3 is 1. The number of hydrazine groups is 1. The van der Waals surface area contributed by atoms with Gasteiger partial charge < -0.3 is 9.30 Å². The van der Waals surface area contributed by atoms with Gasteiger partial charge in [0.1, 0.15) is 5.75 Å². The van der Waals surface area contributed by atoms with Crippen molar-refractivity contribution >= 4 is 12.0 Å². The molecule has 1 aromatic carbocycles. The van der Waals surface area contributed by atoms with E-state index in [-0.39, 0.29) is 5.91 Å². The van der Waals surface area contributed by atoms with Crippen LogP contribution in [0.1, 0.15) is 24.1 Å². The highest BCUT2D eigenvalue weighted by Crippen LogP contribution is 2.27. The molecule has 0 spiro atoms. The van der Waals surface area contributed by atoms with Gasteiger partial charge in [-0.3, -0.25) is 9.80 Å². The van der Waals surface area contributed by atoms with Gasteiger partial charge in [-0.25, -0.2) is 10.8 Å². The Bertz CT molecular complexity index is 764. The number of amides is 1. The Kier molecular flexibility index (Phi) is 4.16. The average molecular weight is 312 g/mol. The summed E-state index contributed by atoms with van der Waals surface area (Å²) >= 11 is 0. The largest absolute Gasteiger partial charge is 0.495 e. The van der Waals surface area contributed by atoms with Crippen LogP contribution in [0.25, 0.3) is 11.8 Å². The van der Waals surface area contributed by atoms with E-state index in [9.17, 15) is 4.79 Å². The number of benzene rings is 1. The Hall–Kier alpha value is -2.60. The van der Waals surface area contributed by atoms with Crippen molar-refractivity contribution in [1.29, 1.82) is 0 Å². The standard InChI is InChI=1S/C17H20N4O2/c1-12-10-20(11-19-12)15-6-5-13(9-16(15)23-2)8-14-4-3-7-21(18)17(14)22/h5-6,8-11H,3-4,7,18H2,1-2H3/b14-8+. The zero-order chi connectivity index (χ0) is 16.4. The second kappa shape index (κ2) is 6.26. The molecular formula is C17H20N4O2. The fourth-order valence-corrected chi connectivity index (χ4v) is 2.72. The number of ether oxygens (including phenoxy) is 1. The SMILES string of the molecule is COc1cc(/C=C2\CCCN(N)C2=O)ccc1-n1cnc(C)c1. The zero-order valence-corrected chi connectivity index (χ0v) is 13.3. The van der Waals surface area contributed by atoms with Gasteiger partial charge in [0.25, 0.3) is 5.91 Å². The van der Waals surface area contributed by atoms with Gasteiger partial charge in [0, 0.05) is 18.3 Å². The van der Waals surface area contributed by atoms with E-state index in [1.807, 2.05) is 42.0 Å². The lowest BCUT2D eigenvalue weighted by Gasteiger charge is -2.23. The van der Waals surface area contributed by atoms with Gasteiger partial charge in [-0.2, -0.15) is 0 Å². The molecule has 0 unspecified atom stereocenters. The lowest BCUT2D eigenvalue weighted by molar-refractivity contribution is -0.128. The van der Waals surface area contributed by atoms with Crippen LogP contribution in [0.3, 0.4) is 0 Å². The molecule has 1 aromatic heterocycles. The Labute approximate surface area is 135 Å². The van der Waals surface area contributed by atoms with Crippen LogP contribution in [0.4, 0.5) is 0 Å². The molecule has 1 aliphatic rings. The highest BCUT2D eigenvalue weighted by Gasteiger charge is 2.20. The molecule has 0 radical (unpaired) electrons. The molecule has 0 bridgehead atoms. The van der Waals surface area contributed by atoms with E-state index in [0.717, 1.165) is 41.1 Å². The minimum absolute atomic E-state index is 0.107. The summed E-state index contributed by atoms with van der Waals surface area (Å²) < 4.78 is 7.40. The molecule has 2 N–H and O–H groups in total. The van der Waals surface area contributed by atoms with E-state index in [2.05, 4.69) is 4.98 Å². The molecule has 2 heterocycles. The van der Waals surface area contributed by atoms with Crippen LogP contribution in [0.15, 0.2) is 36.3 Å². The number of hydrogen-bond donors (Lipinski definition) is 1. The van der Waals surface area contributed by atoms with E-state index in [1.54, 1.807) is 13.4 Å². The summed E-state index contributed by atoms with van der Waals surface area (Å²) in [6, 6.07) is 5.84. The zero-order valence-electron chi connectivity index (χ0n) is 13.3. The smallest absolute Gasteiger partial charge is 0.263 e. The van der Waals surface area contributed by atoms with Gasteiger partial charge in [0.15, 0.2) is 0 Å². The molecule has 0 saturated carbocycles. The number of carbonyl (C=O) groups is 1. The molecular weight excluding hydrogens is 292 g/mol. The summed E-state index contributed by atoms with van der Waals surface area (Å²) in [5.74, 6) is 6.31. The molecule has 6 heteroatoms. The molecule has 23 heavy (non-hydrogen) atoms. The molecule has 0 aliphatic carbocycles. The molecule has 120 valence electrons. The topological polar surface area (TPSA) is 73.4 Å². The molecule has 3 rings (SSSR count). The quantitative estimate of drug-likeness (QED) is 0.535. The van der Waals surface area contributed by atoms with Gasteiger partial charge >= 0.3 is 0 Å². The van der Waals surface area contributed by atoms with Crippen LogP contribution < -0.4 is 10.6 Å². The average Bonchev–Trinajstić information content (AvgIpc) is 2.98. The fourth-order valence-electron chi connectivity index (χ4n) is 2.72. The Morgan fingerprint density at radius 2 is 2.22 bits per heavy atom. The first-order valence-electron chi connectivity index (χ1n) is 7.54. The van der Waals surface area contributed by atoms with Crippen molar-refractivity contribution < 1.29 is 9.53 Å². The highest BCUT2D eigenvalue weighted by molar-refractivity contribution is 5.98. The number of carbonyl (C=O) groups excluding carboxylic acids is 1. The van der Waals surface area contributed by atoms with E-state index < -0.39 is 0 Å². The van der Waals surface area contributed by atoms with Crippen molar-refractivity contribution in [3.05, 3.63) is 47.6 Å². The van der Waals surface area contributed by atoms with Crippen LogP contribution in [-0.4, -0.2) is 34.1 Å². The lowest BCUT2D eigenvalue weighted by Crippen LogP contribution is -2.42. The molecule has 0 atom stereocenters. The monoisotopic (exact) mass is 312 g/mol. The third-order valence-corrected chi connectivity index (χ3v) is 3.92. The second-order valence-corrected chi connectivity index (χ2v) is 5.63. The van der Waals surface area contributed by atoms with Crippen LogP contribution >= 0.6 is 0 Å². The molecule has 6 nitrogen and oxygen atoms in total. The molecule has 1 amide bonds. The van der Waals surface area contributed by atoms with E-state index in [4.69, 9.17) is 10.6 Å². The van der Waals surface area contributed by atoms with Crippen molar-refractivity contribution in [2.24, 2.45) is 5.84 Å². The van der Waals surface area contributed by atoms with Crippen molar-refractivity contribution in [3.63, 3.8) is 0 Å². The number of nitrogens with two attached hydrogens (primary N) is 1. The van der Waals surface area contributed by atoms with Crippen molar-refractivity contribution in [3.8, 4) is 11.4 Å². The first-order chi connectivity index (χ1) is 11.1. The van der Waals surface area contributed by atoms with Gasteiger partial charge in [-0.1, -0.05) is 6.07 Å². The lowest BCUT2D eigenvalue weighted by atomic mass is 10.0. The van der Waals surface area contributed by atoms with Crippen LogP contribution in [0, 0.1) is 6.92 Å². The van der Waals surface area contributed by atoms with Gasteiger partial charge in [0.05, 0.1) is 24.8 Å². The number of nitrogens with zero attached hydrogens (tertiary/aromatic N) is 3. The fraction of sp³-hybridized carbons (Fsp3) is 0.294. The molecule has 1 aliphatic heterocycles. The molecule has 1 fully saturated rings. The number of hydrogen-bond acceptors (Lipinski definition) is 4. The number of imidazole rings is 1. The molecule has 1 saturated heterocycles. The van der Waals surface area contributed by atoms with E-state index >= 15 is 0 Å². The van der Waals surface area contributed by atoms with Gasteiger partial charge in [-0.05, 0) is 43.5 Å². The van der Waals surface area contributed by atoms with Crippen LogP contribution in [0.2, 0.25) is 0 Å². The Morgan fingerprint density at radius 1 is 1.39 bits per heavy atom. The van der Waals surface area contributed by atoms with E-state index in [0.29, 0.717) is 6.54 Å². The predicted octanol–water partition coefficient (Wildman–Crippen LogP) is 2.07. The summed E-state index contributed by atoms with van der Waals surface area (Å²) in [6.45, 7) is 2.55. The van der Waals surface area contributed by atoms with Crippen LogP contribution in [-0.2, 0) is 4.79 Å². The maximum Gasteiger partial charge on any atom is 0.263 e. The second-order valence-electron chi connectivity index (χ2n) is 5.63. The first-order valence-corrected chi connectivity index (χ1v) is 7.54. The predicted molar refractivity (Wildman–Crippen MR) is 88.0 cm³/mol. The number of piperidine rings is 1. The van der Waals surface area contributed by atoms with Gasteiger partial charge in [-0.15, -0.1) is 0 Å². The maximum absolute atomic E-state index is 12.1. The number of aromatic nitrogens is 2. The maximum atomic E-state index is 12.1. The van der Waals surface area contributed by atoms with Crippen LogP contribution in [0.5, 0.6) is 5.75 Å². The summed E-state index contributed by atoms with van der Waals surface area (Å²) in [5.41, 5.74) is 3.49. The first kappa shape index (κ1) is 15.3. The summed E-state index contributed by atoms with van der Waals surface area (Å²) in [5, 5.41) is 1.27. The third-order valence-electron chi connectivity index (χ3n) is 3.92. The minimum Gasteiger partial charge on any atom is -0.495 e. The van der Waals surface area contributed by atoms with Crippen molar-refractivity contribution in [2.45, 2.75) is 19.8 Å². The van der Waals surface area contributed by atoms with E-state index in [1.165, 1.54) is 5.01 Å². The number of rotatable bonds is 3. The third kappa shape index (κ3) is 3.12. The Morgan fingerprint density at radius 3 is 2.91 bits per heavy atom.